The highest BCUT2D eigenvalue weighted by atomic mass is 19.4. The van der Waals surface area contributed by atoms with Crippen molar-refractivity contribution >= 4 is 12.0 Å². The topological polar surface area (TPSA) is 72.9 Å². The second-order valence-corrected chi connectivity index (χ2v) is 5.52. The van der Waals surface area contributed by atoms with Crippen LogP contribution in [0.25, 0.3) is 0 Å². The van der Waals surface area contributed by atoms with E-state index in [1.807, 2.05) is 11.9 Å². The average molecular weight is 311 g/mol. The molecular weight excluding hydrogens is 291 g/mol. The fourth-order valence-corrected chi connectivity index (χ4v) is 2.16. The zero-order valence-electron chi connectivity index (χ0n) is 12.2. The standard InChI is InChI=1S/C12H20F3N3O3/c1-11(9(19)20,12(13,14)15)16-10(21)18(3)7-8-5-4-6-17(8)2/h8H,4-7H2,1-3H3,(H,16,21)(H,19,20). The maximum absolute atomic E-state index is 12.8. The molecule has 1 heterocycles. The molecule has 0 aromatic heterocycles. The van der Waals surface area contributed by atoms with Gasteiger partial charge in [-0.25, -0.2) is 9.59 Å². The first-order valence-corrected chi connectivity index (χ1v) is 6.52. The summed E-state index contributed by atoms with van der Waals surface area (Å²) < 4.78 is 38.5. The molecule has 2 unspecified atom stereocenters. The van der Waals surface area contributed by atoms with Crippen LogP contribution in [0.2, 0.25) is 0 Å². The number of aliphatic carboxylic acids is 1. The number of likely N-dealkylation sites (tertiary alicyclic amines) is 1. The molecule has 0 aromatic carbocycles. The van der Waals surface area contributed by atoms with Crippen molar-refractivity contribution in [3.63, 3.8) is 0 Å². The number of nitrogens with one attached hydrogen (secondary N) is 1. The summed E-state index contributed by atoms with van der Waals surface area (Å²) in [7, 11) is 3.22. The maximum atomic E-state index is 12.8. The van der Waals surface area contributed by atoms with Crippen LogP contribution in [0.4, 0.5) is 18.0 Å². The van der Waals surface area contributed by atoms with Gasteiger partial charge in [-0.15, -0.1) is 0 Å². The second kappa shape index (κ2) is 6.08. The number of urea groups is 1. The lowest BCUT2D eigenvalue weighted by Crippen LogP contribution is -2.64. The van der Waals surface area contributed by atoms with Crippen LogP contribution in [0.15, 0.2) is 0 Å². The predicted molar refractivity (Wildman–Crippen MR) is 68.9 cm³/mol. The number of rotatable bonds is 4. The second-order valence-electron chi connectivity index (χ2n) is 5.52. The van der Waals surface area contributed by atoms with E-state index < -0.39 is 23.7 Å². The minimum Gasteiger partial charge on any atom is -0.479 e. The summed E-state index contributed by atoms with van der Waals surface area (Å²) in [5.74, 6) is -2.14. The Balaban J connectivity index is 2.71. The largest absolute Gasteiger partial charge is 0.479 e. The minimum atomic E-state index is -5.08. The smallest absolute Gasteiger partial charge is 0.422 e. The molecule has 21 heavy (non-hydrogen) atoms. The lowest BCUT2D eigenvalue weighted by molar-refractivity contribution is -0.203. The lowest BCUT2D eigenvalue weighted by atomic mass is 10.0. The third-order valence-electron chi connectivity index (χ3n) is 3.85. The number of carbonyl (C=O) groups excluding carboxylic acids is 1. The zero-order valence-corrected chi connectivity index (χ0v) is 12.2. The van der Waals surface area contributed by atoms with Crippen molar-refractivity contribution in [1.82, 2.24) is 15.1 Å². The molecule has 1 fully saturated rings. The number of amides is 2. The van der Waals surface area contributed by atoms with Gasteiger partial charge in [-0.3, -0.25) is 0 Å². The van der Waals surface area contributed by atoms with Gasteiger partial charge in [-0.1, -0.05) is 0 Å². The highest BCUT2D eigenvalue weighted by Crippen LogP contribution is 2.30. The van der Waals surface area contributed by atoms with Gasteiger partial charge in [0.05, 0.1) is 0 Å². The number of carboxylic acids is 1. The SMILES string of the molecule is CN(CC1CCCN1C)C(=O)NC(C)(C(=O)O)C(F)(F)F. The van der Waals surface area contributed by atoms with E-state index in [0.717, 1.165) is 24.3 Å². The first kappa shape index (κ1) is 17.5. The predicted octanol–water partition coefficient (Wildman–Crippen LogP) is 1.13. The molecule has 0 saturated carbocycles. The molecule has 1 rings (SSSR count). The molecule has 9 heteroatoms. The van der Waals surface area contributed by atoms with Gasteiger partial charge in [-0.2, -0.15) is 13.2 Å². The van der Waals surface area contributed by atoms with Crippen LogP contribution in [-0.2, 0) is 4.79 Å². The molecule has 0 aromatic rings. The molecule has 122 valence electrons. The number of likely N-dealkylation sites (N-methyl/N-ethyl adjacent to an activating group) is 2. The monoisotopic (exact) mass is 311 g/mol. The molecule has 2 N–H and O–H groups in total. The van der Waals surface area contributed by atoms with Crippen molar-refractivity contribution in [2.24, 2.45) is 0 Å². The summed E-state index contributed by atoms with van der Waals surface area (Å²) in [6.45, 7) is 1.55. The summed E-state index contributed by atoms with van der Waals surface area (Å²) in [4.78, 5) is 25.8. The molecule has 1 aliphatic heterocycles. The van der Waals surface area contributed by atoms with Crippen molar-refractivity contribution in [3.8, 4) is 0 Å². The van der Waals surface area contributed by atoms with Crippen molar-refractivity contribution in [3.05, 3.63) is 0 Å². The van der Waals surface area contributed by atoms with Crippen LogP contribution in [0.3, 0.4) is 0 Å². The van der Waals surface area contributed by atoms with Gasteiger partial charge >= 0.3 is 18.2 Å². The van der Waals surface area contributed by atoms with E-state index in [1.165, 1.54) is 7.05 Å². The highest BCUT2D eigenvalue weighted by Gasteiger charge is 2.58. The molecule has 2 amide bonds. The molecule has 0 aliphatic carbocycles. The van der Waals surface area contributed by atoms with Gasteiger partial charge in [0.15, 0.2) is 0 Å². The van der Waals surface area contributed by atoms with Gasteiger partial charge in [0.25, 0.3) is 0 Å². The molecule has 2 atom stereocenters. The lowest BCUT2D eigenvalue weighted by Gasteiger charge is -2.32. The third kappa shape index (κ3) is 3.78. The van der Waals surface area contributed by atoms with Crippen LogP contribution in [-0.4, -0.2) is 71.8 Å². The van der Waals surface area contributed by atoms with Crippen LogP contribution < -0.4 is 5.32 Å². The summed E-state index contributed by atoms with van der Waals surface area (Å²) in [5.41, 5.74) is -3.31. The van der Waals surface area contributed by atoms with Crippen molar-refractivity contribution in [2.75, 3.05) is 27.2 Å². The normalized spacial score (nSPS) is 22.7. The number of carbonyl (C=O) groups is 2. The Labute approximate surface area is 120 Å². The van der Waals surface area contributed by atoms with Crippen LogP contribution in [0.5, 0.6) is 0 Å². The minimum absolute atomic E-state index is 0.0720. The molecule has 1 saturated heterocycles. The Morgan fingerprint density at radius 3 is 2.38 bits per heavy atom. The van der Waals surface area contributed by atoms with Gasteiger partial charge < -0.3 is 20.2 Å². The third-order valence-corrected chi connectivity index (χ3v) is 3.85. The number of hydrogen-bond donors (Lipinski definition) is 2. The van der Waals surface area contributed by atoms with Gasteiger partial charge in [-0.05, 0) is 33.4 Å². The van der Waals surface area contributed by atoms with Crippen molar-refractivity contribution in [2.45, 2.75) is 37.5 Å². The van der Waals surface area contributed by atoms with Crippen LogP contribution >= 0.6 is 0 Å². The van der Waals surface area contributed by atoms with Gasteiger partial charge in [0.1, 0.15) is 0 Å². The fourth-order valence-electron chi connectivity index (χ4n) is 2.16. The van der Waals surface area contributed by atoms with Crippen molar-refractivity contribution < 1.29 is 27.9 Å². The molecule has 1 aliphatic rings. The fraction of sp³-hybridized carbons (Fsp3) is 0.833. The Bertz CT molecular complexity index is 416. The number of carboxylic acid groups (broad SMARTS) is 1. The van der Waals surface area contributed by atoms with E-state index in [-0.39, 0.29) is 12.6 Å². The Morgan fingerprint density at radius 1 is 1.43 bits per heavy atom. The van der Waals surface area contributed by atoms with Crippen LogP contribution in [0.1, 0.15) is 19.8 Å². The van der Waals surface area contributed by atoms with Gasteiger partial charge in [0.2, 0.25) is 5.54 Å². The number of hydrogen-bond acceptors (Lipinski definition) is 3. The molecule has 6 nitrogen and oxygen atoms in total. The molecule has 0 radical (unpaired) electrons. The average Bonchev–Trinajstić information content (AvgIpc) is 2.73. The quantitative estimate of drug-likeness (QED) is 0.816. The number of halogens is 3. The first-order chi connectivity index (χ1) is 9.49. The maximum Gasteiger partial charge on any atom is 0.422 e. The Kier molecular flexibility index (Phi) is 5.08. The summed E-state index contributed by atoms with van der Waals surface area (Å²) in [6.07, 6.45) is -3.27. The summed E-state index contributed by atoms with van der Waals surface area (Å²) >= 11 is 0. The van der Waals surface area contributed by atoms with E-state index in [9.17, 15) is 22.8 Å². The molecule has 0 bridgehead atoms. The van der Waals surface area contributed by atoms with E-state index in [4.69, 9.17) is 5.11 Å². The highest BCUT2D eigenvalue weighted by molar-refractivity contribution is 5.86. The van der Waals surface area contributed by atoms with E-state index in [1.54, 1.807) is 5.32 Å². The van der Waals surface area contributed by atoms with E-state index in [0.29, 0.717) is 6.92 Å². The Hall–Kier alpha value is -1.51. The number of alkyl halides is 3. The molecular formula is C12H20F3N3O3. The Morgan fingerprint density at radius 2 is 2.00 bits per heavy atom. The number of nitrogens with zero attached hydrogens (tertiary/aromatic N) is 2. The van der Waals surface area contributed by atoms with E-state index >= 15 is 0 Å². The first-order valence-electron chi connectivity index (χ1n) is 6.52. The van der Waals surface area contributed by atoms with Gasteiger partial charge in [0, 0.05) is 19.6 Å². The molecule has 0 spiro atoms. The van der Waals surface area contributed by atoms with E-state index in [2.05, 4.69) is 0 Å². The van der Waals surface area contributed by atoms with Crippen molar-refractivity contribution in [1.29, 1.82) is 0 Å². The zero-order chi connectivity index (χ0) is 16.4. The summed E-state index contributed by atoms with van der Waals surface area (Å²) in [6, 6.07) is -0.986. The summed E-state index contributed by atoms with van der Waals surface area (Å²) in [5, 5.41) is 10.3. The van der Waals surface area contributed by atoms with Crippen LogP contribution in [0, 0.1) is 0 Å².